The van der Waals surface area contributed by atoms with Gasteiger partial charge in [0.1, 0.15) is 5.82 Å². The highest BCUT2D eigenvalue weighted by Gasteiger charge is 2.01. The Labute approximate surface area is 102 Å². The Morgan fingerprint density at radius 3 is 2.94 bits per heavy atom. The molecule has 0 atom stereocenters. The fourth-order valence-corrected chi connectivity index (χ4v) is 2.14. The normalized spacial score (nSPS) is 10.7. The van der Waals surface area contributed by atoms with Gasteiger partial charge in [-0.15, -0.1) is 0 Å². The van der Waals surface area contributed by atoms with Crippen molar-refractivity contribution in [2.75, 3.05) is 0 Å². The fraction of sp³-hybridized carbons (Fsp3) is 0.250. The molecule has 0 saturated carbocycles. The zero-order valence-corrected chi connectivity index (χ0v) is 10.2. The standard InChI is InChI=1S/C12H13FN2OS/c1-8-2-3-10(13)4-9(8)5-14-6-11-7-17-12(16)15-11/h2-4,7,14H,5-6H2,1H3,(H,15,16). The third kappa shape index (κ3) is 3.25. The van der Waals surface area contributed by atoms with Gasteiger partial charge in [0, 0.05) is 24.2 Å². The molecule has 0 aliphatic heterocycles. The SMILES string of the molecule is Cc1ccc(F)cc1CNCc1csc(=O)[nH]1. The van der Waals surface area contributed by atoms with Crippen LogP contribution >= 0.6 is 11.3 Å². The molecule has 3 nitrogen and oxygen atoms in total. The van der Waals surface area contributed by atoms with E-state index in [1.54, 1.807) is 11.4 Å². The molecule has 1 aromatic carbocycles. The lowest BCUT2D eigenvalue weighted by Gasteiger charge is -2.07. The maximum absolute atomic E-state index is 13.0. The number of aromatic amines is 1. The molecule has 2 aromatic rings. The number of nitrogens with one attached hydrogen (secondary N) is 2. The first-order valence-electron chi connectivity index (χ1n) is 5.27. The zero-order chi connectivity index (χ0) is 12.3. The first kappa shape index (κ1) is 12.0. The summed E-state index contributed by atoms with van der Waals surface area (Å²) in [6, 6.07) is 4.74. The second-order valence-corrected chi connectivity index (χ2v) is 4.69. The Morgan fingerprint density at radius 1 is 1.41 bits per heavy atom. The molecule has 0 bridgehead atoms. The second-order valence-electron chi connectivity index (χ2n) is 3.85. The van der Waals surface area contributed by atoms with Crippen molar-refractivity contribution in [1.82, 2.24) is 10.3 Å². The average molecular weight is 252 g/mol. The van der Waals surface area contributed by atoms with Gasteiger partial charge in [0.15, 0.2) is 0 Å². The van der Waals surface area contributed by atoms with Crippen molar-refractivity contribution < 1.29 is 4.39 Å². The van der Waals surface area contributed by atoms with Crippen LogP contribution in [0.25, 0.3) is 0 Å². The van der Waals surface area contributed by atoms with Gasteiger partial charge in [-0.25, -0.2) is 4.39 Å². The van der Waals surface area contributed by atoms with Crippen LogP contribution in [-0.2, 0) is 13.1 Å². The van der Waals surface area contributed by atoms with Crippen LogP contribution in [0, 0.1) is 12.7 Å². The molecular weight excluding hydrogens is 239 g/mol. The van der Waals surface area contributed by atoms with Crippen molar-refractivity contribution in [3.05, 3.63) is 55.9 Å². The zero-order valence-electron chi connectivity index (χ0n) is 9.42. The average Bonchev–Trinajstić information content (AvgIpc) is 2.69. The highest BCUT2D eigenvalue weighted by atomic mass is 32.1. The predicted molar refractivity (Wildman–Crippen MR) is 66.6 cm³/mol. The number of hydrogen-bond donors (Lipinski definition) is 2. The van der Waals surface area contributed by atoms with E-state index in [2.05, 4.69) is 10.3 Å². The van der Waals surface area contributed by atoms with Crippen molar-refractivity contribution in [1.29, 1.82) is 0 Å². The largest absolute Gasteiger partial charge is 0.315 e. The van der Waals surface area contributed by atoms with Crippen LogP contribution < -0.4 is 10.2 Å². The molecule has 0 unspecified atom stereocenters. The maximum Gasteiger partial charge on any atom is 0.304 e. The Bertz CT molecular complexity index is 562. The van der Waals surface area contributed by atoms with E-state index in [1.807, 2.05) is 6.92 Å². The number of aryl methyl sites for hydroxylation is 1. The summed E-state index contributed by atoms with van der Waals surface area (Å²) in [7, 11) is 0. The number of benzene rings is 1. The van der Waals surface area contributed by atoms with E-state index in [1.165, 1.54) is 12.1 Å². The molecular formula is C12H13FN2OS. The minimum Gasteiger partial charge on any atom is -0.315 e. The molecule has 90 valence electrons. The summed E-state index contributed by atoms with van der Waals surface area (Å²) >= 11 is 1.15. The molecule has 0 aliphatic carbocycles. The van der Waals surface area contributed by atoms with Crippen molar-refractivity contribution in [3.63, 3.8) is 0 Å². The smallest absolute Gasteiger partial charge is 0.304 e. The minimum absolute atomic E-state index is 0.0521. The van der Waals surface area contributed by atoms with Crippen LogP contribution in [0.2, 0.25) is 0 Å². The maximum atomic E-state index is 13.0. The molecule has 0 saturated heterocycles. The molecule has 0 amide bonds. The molecule has 5 heteroatoms. The van der Waals surface area contributed by atoms with Crippen LogP contribution in [0.4, 0.5) is 4.39 Å². The summed E-state index contributed by atoms with van der Waals surface area (Å²) in [6.07, 6.45) is 0. The van der Waals surface area contributed by atoms with Gasteiger partial charge in [-0.1, -0.05) is 17.4 Å². The van der Waals surface area contributed by atoms with E-state index in [-0.39, 0.29) is 10.7 Å². The minimum atomic E-state index is -0.226. The van der Waals surface area contributed by atoms with Gasteiger partial charge in [-0.3, -0.25) is 4.79 Å². The van der Waals surface area contributed by atoms with E-state index in [0.717, 1.165) is 28.2 Å². The van der Waals surface area contributed by atoms with E-state index in [0.29, 0.717) is 13.1 Å². The van der Waals surface area contributed by atoms with Crippen LogP contribution in [0.1, 0.15) is 16.8 Å². The monoisotopic (exact) mass is 252 g/mol. The highest BCUT2D eigenvalue weighted by Crippen LogP contribution is 2.10. The fourth-order valence-electron chi connectivity index (χ4n) is 1.56. The van der Waals surface area contributed by atoms with Crippen molar-refractivity contribution in [2.24, 2.45) is 0 Å². The Hall–Kier alpha value is -1.46. The van der Waals surface area contributed by atoms with Gasteiger partial charge in [0.05, 0.1) is 0 Å². The molecule has 1 heterocycles. The van der Waals surface area contributed by atoms with Gasteiger partial charge in [-0.05, 0) is 30.2 Å². The Morgan fingerprint density at radius 2 is 2.24 bits per heavy atom. The predicted octanol–water partition coefficient (Wildman–Crippen LogP) is 2.17. The van der Waals surface area contributed by atoms with E-state index in [9.17, 15) is 9.18 Å². The van der Waals surface area contributed by atoms with Crippen LogP contribution in [0.3, 0.4) is 0 Å². The number of halogens is 1. The molecule has 2 rings (SSSR count). The van der Waals surface area contributed by atoms with Gasteiger partial charge in [-0.2, -0.15) is 0 Å². The summed E-state index contributed by atoms with van der Waals surface area (Å²) in [5.41, 5.74) is 2.84. The molecule has 0 aliphatic rings. The van der Waals surface area contributed by atoms with Crippen LogP contribution in [-0.4, -0.2) is 4.98 Å². The first-order chi connectivity index (χ1) is 8.15. The molecule has 0 radical (unpaired) electrons. The summed E-state index contributed by atoms with van der Waals surface area (Å²) in [5.74, 6) is -0.226. The summed E-state index contributed by atoms with van der Waals surface area (Å²) in [4.78, 5) is 13.6. The van der Waals surface area contributed by atoms with Gasteiger partial charge in [0.2, 0.25) is 0 Å². The molecule has 0 spiro atoms. The van der Waals surface area contributed by atoms with Crippen LogP contribution in [0.5, 0.6) is 0 Å². The van der Waals surface area contributed by atoms with E-state index >= 15 is 0 Å². The second kappa shape index (κ2) is 5.25. The Kier molecular flexibility index (Phi) is 3.71. The molecule has 17 heavy (non-hydrogen) atoms. The number of aromatic nitrogens is 1. The number of rotatable bonds is 4. The van der Waals surface area contributed by atoms with E-state index in [4.69, 9.17) is 0 Å². The molecule has 0 fully saturated rings. The van der Waals surface area contributed by atoms with E-state index < -0.39 is 0 Å². The third-order valence-corrected chi connectivity index (χ3v) is 3.23. The third-order valence-electron chi connectivity index (χ3n) is 2.51. The van der Waals surface area contributed by atoms with Crippen molar-refractivity contribution >= 4 is 11.3 Å². The lowest BCUT2D eigenvalue weighted by atomic mass is 10.1. The summed E-state index contributed by atoms with van der Waals surface area (Å²) in [5, 5.41) is 4.95. The quantitative estimate of drug-likeness (QED) is 0.876. The number of thiazole rings is 1. The number of hydrogen-bond acceptors (Lipinski definition) is 3. The molecule has 1 aromatic heterocycles. The van der Waals surface area contributed by atoms with Gasteiger partial charge < -0.3 is 10.3 Å². The Balaban J connectivity index is 1.94. The topological polar surface area (TPSA) is 44.9 Å². The van der Waals surface area contributed by atoms with Crippen molar-refractivity contribution in [2.45, 2.75) is 20.0 Å². The van der Waals surface area contributed by atoms with Gasteiger partial charge in [0.25, 0.3) is 0 Å². The highest BCUT2D eigenvalue weighted by molar-refractivity contribution is 7.07. The summed E-state index contributed by atoms with van der Waals surface area (Å²) < 4.78 is 13.0. The summed E-state index contributed by atoms with van der Waals surface area (Å²) in [6.45, 7) is 3.11. The molecule has 2 N–H and O–H groups in total. The lowest BCUT2D eigenvalue weighted by Crippen LogP contribution is -2.14. The number of H-pyrrole nitrogens is 1. The lowest BCUT2D eigenvalue weighted by molar-refractivity contribution is 0.618. The van der Waals surface area contributed by atoms with Crippen LogP contribution in [0.15, 0.2) is 28.4 Å². The van der Waals surface area contributed by atoms with Gasteiger partial charge >= 0.3 is 4.87 Å². The van der Waals surface area contributed by atoms with Crippen molar-refractivity contribution in [3.8, 4) is 0 Å². The first-order valence-corrected chi connectivity index (χ1v) is 6.15.